The summed E-state index contributed by atoms with van der Waals surface area (Å²) in [6.45, 7) is 6.72. The third-order valence-electron chi connectivity index (χ3n) is 3.41. The van der Waals surface area contributed by atoms with Crippen LogP contribution in [0.25, 0.3) is 0 Å². The van der Waals surface area contributed by atoms with Gasteiger partial charge in [0, 0.05) is 0 Å². The van der Waals surface area contributed by atoms with E-state index < -0.39 is 0 Å². The van der Waals surface area contributed by atoms with E-state index in [1.807, 2.05) is 7.05 Å². The highest BCUT2D eigenvalue weighted by molar-refractivity contribution is 5.04. The normalized spacial score (nSPS) is 19.9. The summed E-state index contributed by atoms with van der Waals surface area (Å²) in [5, 5.41) is 3.40. The summed E-state index contributed by atoms with van der Waals surface area (Å²) in [5.74, 6) is 1.87. The smallest absolute Gasteiger partial charge is 0.109 e. The van der Waals surface area contributed by atoms with Crippen molar-refractivity contribution in [2.75, 3.05) is 7.05 Å². The standard InChI is InChI=1S/C15H29NO/c1-5-8-15(14(16-4)11-12(2)3)17-13-9-6-7-10-13/h8,12-14,16H,5-7,9-11H2,1-4H3/b15-8-. The second kappa shape index (κ2) is 7.75. The molecule has 2 heteroatoms. The molecule has 1 aliphatic rings. The van der Waals surface area contributed by atoms with Crippen LogP contribution >= 0.6 is 0 Å². The number of allylic oxidation sites excluding steroid dienone is 1. The quantitative estimate of drug-likeness (QED) is 0.681. The Kier molecular flexibility index (Phi) is 6.64. The van der Waals surface area contributed by atoms with Gasteiger partial charge >= 0.3 is 0 Å². The van der Waals surface area contributed by atoms with Gasteiger partial charge in [0.05, 0.1) is 12.1 Å². The second-order valence-electron chi connectivity index (χ2n) is 5.51. The predicted molar refractivity (Wildman–Crippen MR) is 74.0 cm³/mol. The van der Waals surface area contributed by atoms with Gasteiger partial charge < -0.3 is 10.1 Å². The molecule has 1 unspecified atom stereocenters. The van der Waals surface area contributed by atoms with E-state index in [1.54, 1.807) is 0 Å². The molecule has 17 heavy (non-hydrogen) atoms. The first-order valence-corrected chi connectivity index (χ1v) is 7.21. The summed E-state index contributed by atoms with van der Waals surface area (Å²) in [5.41, 5.74) is 0. The Morgan fingerprint density at radius 2 is 2.00 bits per heavy atom. The zero-order chi connectivity index (χ0) is 12.7. The zero-order valence-electron chi connectivity index (χ0n) is 12.0. The Hall–Kier alpha value is -0.500. The lowest BCUT2D eigenvalue weighted by atomic mass is 10.0. The van der Waals surface area contributed by atoms with Gasteiger partial charge in [0.1, 0.15) is 5.76 Å². The van der Waals surface area contributed by atoms with Gasteiger partial charge in [-0.25, -0.2) is 0 Å². The topological polar surface area (TPSA) is 21.3 Å². The van der Waals surface area contributed by atoms with E-state index in [2.05, 4.69) is 32.2 Å². The number of likely N-dealkylation sites (N-methyl/N-ethyl adjacent to an activating group) is 1. The van der Waals surface area contributed by atoms with Gasteiger partial charge in [0.25, 0.3) is 0 Å². The van der Waals surface area contributed by atoms with Crippen molar-refractivity contribution in [3.05, 3.63) is 11.8 Å². The molecule has 0 aromatic rings. The number of rotatable bonds is 7. The maximum absolute atomic E-state index is 6.20. The van der Waals surface area contributed by atoms with Crippen molar-refractivity contribution in [3.8, 4) is 0 Å². The summed E-state index contributed by atoms with van der Waals surface area (Å²) in [4.78, 5) is 0. The molecule has 0 saturated heterocycles. The first kappa shape index (κ1) is 14.6. The van der Waals surface area contributed by atoms with Crippen LogP contribution in [0.4, 0.5) is 0 Å². The Labute approximate surface area is 107 Å². The molecular formula is C15H29NO. The SMILES string of the molecule is CC/C=C(\OC1CCCC1)C(CC(C)C)NC. The minimum absolute atomic E-state index is 0.385. The van der Waals surface area contributed by atoms with Gasteiger partial charge in [0.2, 0.25) is 0 Å². The van der Waals surface area contributed by atoms with Crippen molar-refractivity contribution < 1.29 is 4.74 Å². The van der Waals surface area contributed by atoms with Crippen LogP contribution in [0, 0.1) is 5.92 Å². The Morgan fingerprint density at radius 1 is 1.35 bits per heavy atom. The van der Waals surface area contributed by atoms with E-state index in [4.69, 9.17) is 4.74 Å². The monoisotopic (exact) mass is 239 g/mol. The minimum atomic E-state index is 0.385. The van der Waals surface area contributed by atoms with Crippen LogP contribution in [0.5, 0.6) is 0 Å². The number of hydrogen-bond donors (Lipinski definition) is 1. The van der Waals surface area contributed by atoms with E-state index in [0.29, 0.717) is 18.1 Å². The van der Waals surface area contributed by atoms with Crippen LogP contribution < -0.4 is 5.32 Å². The third kappa shape index (κ3) is 5.12. The van der Waals surface area contributed by atoms with E-state index in [-0.39, 0.29) is 0 Å². The predicted octanol–water partition coefficient (Wildman–Crippen LogP) is 3.87. The third-order valence-corrected chi connectivity index (χ3v) is 3.41. The van der Waals surface area contributed by atoms with Gasteiger partial charge in [-0.1, -0.05) is 20.8 Å². The van der Waals surface area contributed by atoms with Crippen molar-refractivity contribution in [1.82, 2.24) is 5.32 Å². The average Bonchev–Trinajstić information content (AvgIpc) is 2.78. The van der Waals surface area contributed by atoms with E-state index in [9.17, 15) is 0 Å². The van der Waals surface area contributed by atoms with Crippen LogP contribution in [0.2, 0.25) is 0 Å². The number of hydrogen-bond acceptors (Lipinski definition) is 2. The maximum Gasteiger partial charge on any atom is 0.109 e. The second-order valence-corrected chi connectivity index (χ2v) is 5.51. The molecule has 0 heterocycles. The molecule has 1 aliphatic carbocycles. The van der Waals surface area contributed by atoms with Crippen molar-refractivity contribution in [1.29, 1.82) is 0 Å². The van der Waals surface area contributed by atoms with Crippen LogP contribution in [0.3, 0.4) is 0 Å². The molecule has 0 amide bonds. The molecule has 1 N–H and O–H groups in total. The molecule has 1 rings (SSSR count). The lowest BCUT2D eigenvalue weighted by molar-refractivity contribution is 0.101. The van der Waals surface area contributed by atoms with Gasteiger partial charge in [-0.15, -0.1) is 0 Å². The Balaban J connectivity index is 2.58. The highest BCUT2D eigenvalue weighted by Gasteiger charge is 2.21. The summed E-state index contributed by atoms with van der Waals surface area (Å²) >= 11 is 0. The highest BCUT2D eigenvalue weighted by atomic mass is 16.5. The molecule has 0 bridgehead atoms. The highest BCUT2D eigenvalue weighted by Crippen LogP contribution is 2.25. The van der Waals surface area contributed by atoms with Crippen LogP contribution in [-0.4, -0.2) is 19.2 Å². The molecule has 0 aromatic heterocycles. The van der Waals surface area contributed by atoms with Crippen molar-refractivity contribution >= 4 is 0 Å². The van der Waals surface area contributed by atoms with Gasteiger partial charge in [-0.3, -0.25) is 0 Å². The summed E-state index contributed by atoms with van der Waals surface area (Å²) in [7, 11) is 2.04. The average molecular weight is 239 g/mol. The zero-order valence-corrected chi connectivity index (χ0v) is 12.0. The fourth-order valence-electron chi connectivity index (χ4n) is 2.52. The van der Waals surface area contributed by atoms with Gasteiger partial charge in [-0.05, 0) is 57.6 Å². The van der Waals surface area contributed by atoms with Crippen molar-refractivity contribution in [2.24, 2.45) is 5.92 Å². The Morgan fingerprint density at radius 3 is 2.47 bits per heavy atom. The van der Waals surface area contributed by atoms with Crippen LogP contribution in [-0.2, 0) is 4.74 Å². The number of ether oxygens (including phenoxy) is 1. The van der Waals surface area contributed by atoms with Gasteiger partial charge in [0.15, 0.2) is 0 Å². The Bertz CT molecular complexity index is 229. The summed E-state index contributed by atoms with van der Waals surface area (Å²) in [6, 6.07) is 0.385. The molecule has 1 saturated carbocycles. The van der Waals surface area contributed by atoms with E-state index in [1.165, 1.54) is 31.4 Å². The van der Waals surface area contributed by atoms with E-state index in [0.717, 1.165) is 12.8 Å². The first-order chi connectivity index (χ1) is 8.17. The molecule has 2 nitrogen and oxygen atoms in total. The fraction of sp³-hybridized carbons (Fsp3) is 0.867. The summed E-state index contributed by atoms with van der Waals surface area (Å²) in [6.07, 6.45) is 10.1. The lowest BCUT2D eigenvalue weighted by Crippen LogP contribution is -2.31. The maximum atomic E-state index is 6.20. The molecule has 100 valence electrons. The molecule has 1 fully saturated rings. The largest absolute Gasteiger partial charge is 0.493 e. The van der Waals surface area contributed by atoms with E-state index >= 15 is 0 Å². The minimum Gasteiger partial charge on any atom is -0.493 e. The fourth-order valence-corrected chi connectivity index (χ4v) is 2.52. The van der Waals surface area contributed by atoms with Crippen molar-refractivity contribution in [3.63, 3.8) is 0 Å². The molecule has 0 aliphatic heterocycles. The molecule has 0 spiro atoms. The first-order valence-electron chi connectivity index (χ1n) is 7.21. The van der Waals surface area contributed by atoms with Crippen LogP contribution in [0.1, 0.15) is 59.3 Å². The molecule has 0 radical (unpaired) electrons. The molecule has 1 atom stereocenters. The number of nitrogens with one attached hydrogen (secondary N) is 1. The molecule has 0 aromatic carbocycles. The van der Waals surface area contributed by atoms with Crippen molar-refractivity contribution in [2.45, 2.75) is 71.4 Å². The van der Waals surface area contributed by atoms with Gasteiger partial charge in [-0.2, -0.15) is 0 Å². The lowest BCUT2D eigenvalue weighted by Gasteiger charge is -2.25. The van der Waals surface area contributed by atoms with Crippen LogP contribution in [0.15, 0.2) is 11.8 Å². The summed E-state index contributed by atoms with van der Waals surface area (Å²) < 4.78 is 6.20. The molecular weight excluding hydrogens is 210 g/mol.